The molecule has 0 aliphatic heterocycles. The summed E-state index contributed by atoms with van der Waals surface area (Å²) in [6.07, 6.45) is -0.199. The topological polar surface area (TPSA) is 130 Å². The quantitative estimate of drug-likeness (QED) is 0.373. The van der Waals surface area contributed by atoms with Crippen LogP contribution in [0.3, 0.4) is 0 Å². The predicted molar refractivity (Wildman–Crippen MR) is 76.1 cm³/mol. The van der Waals surface area contributed by atoms with E-state index < -0.39 is 34.3 Å². The summed E-state index contributed by atoms with van der Waals surface area (Å²) in [5.41, 5.74) is 5.40. The Morgan fingerprint density at radius 3 is 2.40 bits per heavy atom. The number of benzene rings is 1. The smallest absolute Gasteiger partial charge is 0.314 e. The molecule has 20 heavy (non-hydrogen) atoms. The first kappa shape index (κ1) is 18.4. The fourth-order valence-corrected chi connectivity index (χ4v) is 1.75. The molecule has 1 aromatic carbocycles. The van der Waals surface area contributed by atoms with Crippen molar-refractivity contribution in [2.45, 2.75) is 32.4 Å². The number of hydrogen-bond donors (Lipinski definition) is 4. The second-order valence-corrected chi connectivity index (χ2v) is 4.57. The largest absolute Gasteiger partial charge is 0.504 e. The standard InChI is InChI=1S/C12H18N2O5.ClH/c1-3-6(2)11(16)10(13)7-4-8(14(18)19)12(17)9(15)5-7;/h4-6,10-11,15-17H,3,13H2,1-2H3;1H/t6?,10-,11+;/m1./s1. The minimum Gasteiger partial charge on any atom is -0.504 e. The molecule has 0 fully saturated rings. The van der Waals surface area contributed by atoms with E-state index in [1.165, 1.54) is 0 Å². The Morgan fingerprint density at radius 2 is 1.95 bits per heavy atom. The van der Waals surface area contributed by atoms with Gasteiger partial charge in [-0.3, -0.25) is 10.1 Å². The fourth-order valence-electron chi connectivity index (χ4n) is 1.75. The average molecular weight is 307 g/mol. The Hall–Kier alpha value is -1.57. The van der Waals surface area contributed by atoms with Crippen LogP contribution in [0.15, 0.2) is 12.1 Å². The number of nitrogens with two attached hydrogens (primary N) is 1. The zero-order valence-electron chi connectivity index (χ0n) is 11.2. The average Bonchev–Trinajstić information content (AvgIpc) is 2.38. The van der Waals surface area contributed by atoms with Crippen molar-refractivity contribution in [2.24, 2.45) is 11.7 Å². The summed E-state index contributed by atoms with van der Waals surface area (Å²) in [4.78, 5) is 9.92. The normalized spacial score (nSPS) is 15.0. The highest BCUT2D eigenvalue weighted by Gasteiger charge is 2.26. The highest BCUT2D eigenvalue weighted by atomic mass is 35.5. The van der Waals surface area contributed by atoms with Gasteiger partial charge < -0.3 is 21.1 Å². The second-order valence-electron chi connectivity index (χ2n) is 4.57. The lowest BCUT2D eigenvalue weighted by Crippen LogP contribution is -2.31. The number of nitro benzene ring substituents is 1. The molecule has 0 saturated carbocycles. The molecule has 0 aliphatic rings. The van der Waals surface area contributed by atoms with Crippen LogP contribution in [0.5, 0.6) is 11.5 Å². The van der Waals surface area contributed by atoms with Gasteiger partial charge in [0.1, 0.15) is 0 Å². The van der Waals surface area contributed by atoms with Gasteiger partial charge in [-0.2, -0.15) is 0 Å². The molecule has 1 aromatic rings. The van der Waals surface area contributed by atoms with Gasteiger partial charge in [-0.15, -0.1) is 12.4 Å². The van der Waals surface area contributed by atoms with Gasteiger partial charge in [0, 0.05) is 6.07 Å². The number of phenols is 2. The van der Waals surface area contributed by atoms with E-state index in [0.717, 1.165) is 12.1 Å². The molecule has 0 heterocycles. The van der Waals surface area contributed by atoms with Gasteiger partial charge in [-0.1, -0.05) is 20.3 Å². The van der Waals surface area contributed by atoms with Crippen molar-refractivity contribution in [3.05, 3.63) is 27.8 Å². The maximum atomic E-state index is 10.7. The summed E-state index contributed by atoms with van der Waals surface area (Å²) in [7, 11) is 0. The number of hydrogen-bond acceptors (Lipinski definition) is 6. The Labute approximate surface area is 122 Å². The molecule has 0 saturated heterocycles. The maximum Gasteiger partial charge on any atom is 0.314 e. The monoisotopic (exact) mass is 306 g/mol. The highest BCUT2D eigenvalue weighted by molar-refractivity contribution is 5.85. The summed E-state index contributed by atoms with van der Waals surface area (Å²) >= 11 is 0. The predicted octanol–water partition coefficient (Wildman–Crippen LogP) is 1.83. The number of aliphatic hydroxyl groups is 1. The van der Waals surface area contributed by atoms with E-state index in [9.17, 15) is 25.4 Å². The highest BCUT2D eigenvalue weighted by Crippen LogP contribution is 2.38. The van der Waals surface area contributed by atoms with Crippen molar-refractivity contribution >= 4 is 18.1 Å². The molecular weight excluding hydrogens is 288 g/mol. The lowest BCUT2D eigenvalue weighted by atomic mass is 9.91. The van der Waals surface area contributed by atoms with Crippen LogP contribution >= 0.6 is 12.4 Å². The van der Waals surface area contributed by atoms with E-state index >= 15 is 0 Å². The van der Waals surface area contributed by atoms with Crippen LogP contribution in [0.25, 0.3) is 0 Å². The Kier molecular flexibility index (Phi) is 6.70. The van der Waals surface area contributed by atoms with Gasteiger partial charge in [0.15, 0.2) is 5.75 Å². The van der Waals surface area contributed by atoms with E-state index in [4.69, 9.17) is 5.73 Å². The third kappa shape index (κ3) is 3.72. The van der Waals surface area contributed by atoms with Crippen molar-refractivity contribution in [2.75, 3.05) is 0 Å². The zero-order valence-corrected chi connectivity index (χ0v) is 12.0. The van der Waals surface area contributed by atoms with E-state index in [1.807, 2.05) is 6.92 Å². The number of nitro groups is 1. The van der Waals surface area contributed by atoms with Crippen LogP contribution in [-0.2, 0) is 0 Å². The van der Waals surface area contributed by atoms with Crippen molar-refractivity contribution in [3.63, 3.8) is 0 Å². The number of aromatic hydroxyl groups is 2. The Bertz CT molecular complexity index is 483. The molecule has 0 aliphatic carbocycles. The molecule has 0 radical (unpaired) electrons. The molecule has 0 spiro atoms. The molecule has 7 nitrogen and oxygen atoms in total. The molecular formula is C12H19ClN2O5. The van der Waals surface area contributed by atoms with E-state index in [2.05, 4.69) is 0 Å². The molecule has 3 atom stereocenters. The van der Waals surface area contributed by atoms with E-state index in [-0.39, 0.29) is 23.9 Å². The van der Waals surface area contributed by atoms with Gasteiger partial charge in [0.05, 0.1) is 17.1 Å². The van der Waals surface area contributed by atoms with Gasteiger partial charge in [0.2, 0.25) is 5.75 Å². The van der Waals surface area contributed by atoms with Crippen molar-refractivity contribution in [3.8, 4) is 11.5 Å². The zero-order chi connectivity index (χ0) is 14.7. The number of phenolic OH excluding ortho intramolecular Hbond substituents is 2. The van der Waals surface area contributed by atoms with Crippen LogP contribution in [0, 0.1) is 16.0 Å². The minimum absolute atomic E-state index is 0. The fraction of sp³-hybridized carbons (Fsp3) is 0.500. The minimum atomic E-state index is -0.895. The van der Waals surface area contributed by atoms with Crippen LogP contribution in [-0.4, -0.2) is 26.3 Å². The summed E-state index contributed by atoms with van der Waals surface area (Å²) < 4.78 is 0. The second kappa shape index (κ2) is 7.28. The van der Waals surface area contributed by atoms with Crippen LogP contribution in [0.1, 0.15) is 31.9 Å². The van der Waals surface area contributed by atoms with Gasteiger partial charge in [0.25, 0.3) is 0 Å². The summed E-state index contributed by atoms with van der Waals surface area (Å²) in [5, 5.41) is 39.6. The molecule has 5 N–H and O–H groups in total. The van der Waals surface area contributed by atoms with Gasteiger partial charge >= 0.3 is 5.69 Å². The Morgan fingerprint density at radius 1 is 1.40 bits per heavy atom. The number of rotatable bonds is 5. The molecule has 8 heteroatoms. The van der Waals surface area contributed by atoms with Gasteiger partial charge in [-0.05, 0) is 17.5 Å². The molecule has 114 valence electrons. The first-order valence-corrected chi connectivity index (χ1v) is 5.93. The first-order chi connectivity index (χ1) is 8.79. The van der Waals surface area contributed by atoms with Crippen LogP contribution in [0.4, 0.5) is 5.69 Å². The Balaban J connectivity index is 0.00000361. The lowest BCUT2D eigenvalue weighted by molar-refractivity contribution is -0.386. The van der Waals surface area contributed by atoms with Crippen LogP contribution < -0.4 is 5.73 Å². The molecule has 0 aromatic heterocycles. The first-order valence-electron chi connectivity index (χ1n) is 5.93. The SMILES string of the molecule is CCC(C)[C@H](O)[C@H](N)c1cc(O)c(O)c([N+](=O)[O-])c1.Cl. The summed E-state index contributed by atoms with van der Waals surface area (Å²) in [5.74, 6) is -1.53. The molecule has 1 rings (SSSR count). The van der Waals surface area contributed by atoms with Crippen LogP contribution in [0.2, 0.25) is 0 Å². The summed E-state index contributed by atoms with van der Waals surface area (Å²) in [6, 6.07) is 1.31. The number of nitrogens with zero attached hydrogens (tertiary/aromatic N) is 1. The van der Waals surface area contributed by atoms with E-state index in [0.29, 0.717) is 6.42 Å². The van der Waals surface area contributed by atoms with Crippen molar-refractivity contribution in [1.29, 1.82) is 0 Å². The molecule has 1 unspecified atom stereocenters. The third-order valence-electron chi connectivity index (χ3n) is 3.27. The number of aliphatic hydroxyl groups excluding tert-OH is 1. The number of halogens is 1. The van der Waals surface area contributed by atoms with Crippen molar-refractivity contribution in [1.82, 2.24) is 0 Å². The van der Waals surface area contributed by atoms with E-state index in [1.54, 1.807) is 6.92 Å². The third-order valence-corrected chi connectivity index (χ3v) is 3.27. The molecule has 0 amide bonds. The molecule has 0 bridgehead atoms. The van der Waals surface area contributed by atoms with Gasteiger partial charge in [-0.25, -0.2) is 0 Å². The maximum absolute atomic E-state index is 10.7. The summed E-state index contributed by atoms with van der Waals surface area (Å²) in [6.45, 7) is 3.69. The lowest BCUT2D eigenvalue weighted by Gasteiger charge is -2.24. The van der Waals surface area contributed by atoms with Crippen molar-refractivity contribution < 1.29 is 20.2 Å².